The van der Waals surface area contributed by atoms with Crippen LogP contribution in [0.15, 0.2) is 12.3 Å². The lowest BCUT2D eigenvalue weighted by Gasteiger charge is -2.31. The van der Waals surface area contributed by atoms with Gasteiger partial charge >= 0.3 is 5.97 Å². The number of hydrogen-bond donors (Lipinski definition) is 1. The molecule has 1 aliphatic rings. The van der Waals surface area contributed by atoms with E-state index in [9.17, 15) is 14.7 Å². The van der Waals surface area contributed by atoms with E-state index in [1.165, 1.54) is 17.2 Å². The Morgan fingerprint density at radius 1 is 1.52 bits per heavy atom. The van der Waals surface area contributed by atoms with Crippen molar-refractivity contribution in [2.24, 2.45) is 5.92 Å². The van der Waals surface area contributed by atoms with Gasteiger partial charge in [-0.15, -0.1) is 0 Å². The molecule has 0 spiro atoms. The van der Waals surface area contributed by atoms with Gasteiger partial charge in [-0.25, -0.2) is 9.78 Å². The molecule has 6 nitrogen and oxygen atoms in total. The Balaban J connectivity index is 2.20. The van der Waals surface area contributed by atoms with Gasteiger partial charge in [0.2, 0.25) is 5.88 Å². The Hall–Kier alpha value is -1.82. The largest absolute Gasteiger partial charge is 0.480 e. The molecule has 0 bridgehead atoms. The van der Waals surface area contributed by atoms with Gasteiger partial charge in [0.15, 0.2) is 0 Å². The lowest BCUT2D eigenvalue weighted by Crippen LogP contribution is -2.50. The second-order valence-electron chi connectivity index (χ2n) is 6.36. The fourth-order valence-corrected chi connectivity index (χ4v) is 2.78. The number of rotatable bonds is 5. The van der Waals surface area contributed by atoms with Gasteiger partial charge in [-0.05, 0) is 31.7 Å². The number of carboxylic acid groups (broad SMARTS) is 1. The van der Waals surface area contributed by atoms with Gasteiger partial charge in [0.05, 0.1) is 12.2 Å². The molecule has 2 heterocycles. The van der Waals surface area contributed by atoms with E-state index in [1.807, 2.05) is 13.8 Å². The number of nitrogens with zero attached hydrogens (tertiary/aromatic N) is 2. The number of ether oxygens (including phenoxy) is 1. The van der Waals surface area contributed by atoms with Crippen molar-refractivity contribution >= 4 is 23.5 Å². The summed E-state index contributed by atoms with van der Waals surface area (Å²) in [5.74, 6) is -0.772. The monoisotopic (exact) mass is 340 g/mol. The van der Waals surface area contributed by atoms with Crippen LogP contribution >= 0.6 is 11.6 Å². The van der Waals surface area contributed by atoms with Crippen LogP contribution in [0, 0.1) is 5.92 Å². The van der Waals surface area contributed by atoms with Crippen LogP contribution in [0.5, 0.6) is 5.88 Å². The highest BCUT2D eigenvalue weighted by atomic mass is 35.5. The summed E-state index contributed by atoms with van der Waals surface area (Å²) >= 11 is 6.12. The third kappa shape index (κ3) is 3.58. The molecule has 0 saturated carbocycles. The SMILES string of the molecule is CC(C)COc1ncc(C(=O)N2CCCC2(C)C(=O)O)cc1Cl. The first-order chi connectivity index (χ1) is 10.8. The maximum atomic E-state index is 12.6. The third-order valence-corrected chi connectivity index (χ3v) is 4.23. The number of carbonyl (C=O) groups excluding carboxylic acids is 1. The predicted octanol–water partition coefficient (Wildman–Crippen LogP) is 2.85. The number of aliphatic carboxylic acids is 1. The molecular weight excluding hydrogens is 320 g/mol. The van der Waals surface area contributed by atoms with Crippen molar-refractivity contribution in [1.29, 1.82) is 0 Å². The zero-order chi connectivity index (χ0) is 17.2. The minimum Gasteiger partial charge on any atom is -0.480 e. The molecule has 0 aliphatic carbocycles. The van der Waals surface area contributed by atoms with Gasteiger partial charge in [-0.3, -0.25) is 4.79 Å². The van der Waals surface area contributed by atoms with E-state index < -0.39 is 11.5 Å². The molecule has 1 aromatic heterocycles. The van der Waals surface area contributed by atoms with Gasteiger partial charge in [0.25, 0.3) is 5.91 Å². The Morgan fingerprint density at radius 2 is 2.22 bits per heavy atom. The molecule has 126 valence electrons. The summed E-state index contributed by atoms with van der Waals surface area (Å²) in [6, 6.07) is 1.48. The van der Waals surface area contributed by atoms with Crippen LogP contribution in [0.2, 0.25) is 5.02 Å². The first-order valence-electron chi connectivity index (χ1n) is 7.59. The molecule has 2 rings (SSSR count). The molecule has 0 radical (unpaired) electrons. The lowest BCUT2D eigenvalue weighted by atomic mass is 9.99. The van der Waals surface area contributed by atoms with Crippen LogP contribution < -0.4 is 4.74 Å². The normalized spacial score (nSPS) is 20.8. The van der Waals surface area contributed by atoms with Gasteiger partial charge in [0, 0.05) is 12.7 Å². The number of pyridine rings is 1. The van der Waals surface area contributed by atoms with Crippen molar-refractivity contribution < 1.29 is 19.4 Å². The molecule has 1 unspecified atom stereocenters. The second kappa shape index (κ2) is 6.74. The van der Waals surface area contributed by atoms with Crippen LogP contribution in [0.1, 0.15) is 44.0 Å². The summed E-state index contributed by atoms with van der Waals surface area (Å²) < 4.78 is 5.48. The minimum atomic E-state index is -1.18. The highest BCUT2D eigenvalue weighted by Crippen LogP contribution is 2.32. The second-order valence-corrected chi connectivity index (χ2v) is 6.76. The summed E-state index contributed by atoms with van der Waals surface area (Å²) in [7, 11) is 0. The number of likely N-dealkylation sites (tertiary alicyclic amines) is 1. The number of carboxylic acids is 1. The summed E-state index contributed by atoms with van der Waals surface area (Å²) in [6.45, 7) is 6.46. The molecule has 1 amide bonds. The van der Waals surface area contributed by atoms with Crippen molar-refractivity contribution in [2.75, 3.05) is 13.2 Å². The van der Waals surface area contributed by atoms with Gasteiger partial charge in [-0.1, -0.05) is 25.4 Å². The van der Waals surface area contributed by atoms with Crippen molar-refractivity contribution in [3.63, 3.8) is 0 Å². The van der Waals surface area contributed by atoms with E-state index in [1.54, 1.807) is 6.92 Å². The number of carbonyl (C=O) groups is 2. The number of aromatic nitrogens is 1. The highest BCUT2D eigenvalue weighted by molar-refractivity contribution is 6.32. The zero-order valence-corrected chi connectivity index (χ0v) is 14.3. The van der Waals surface area contributed by atoms with E-state index in [4.69, 9.17) is 16.3 Å². The number of hydrogen-bond acceptors (Lipinski definition) is 4. The first-order valence-corrected chi connectivity index (χ1v) is 7.97. The first kappa shape index (κ1) is 17.5. The Labute approximate surface area is 140 Å². The summed E-state index contributed by atoms with van der Waals surface area (Å²) in [6.07, 6.45) is 2.47. The smallest absolute Gasteiger partial charge is 0.329 e. The average molecular weight is 341 g/mol. The topological polar surface area (TPSA) is 79.7 Å². The molecule has 1 fully saturated rings. The Bertz CT molecular complexity index is 620. The van der Waals surface area contributed by atoms with Crippen molar-refractivity contribution in [2.45, 2.75) is 39.2 Å². The maximum absolute atomic E-state index is 12.6. The van der Waals surface area contributed by atoms with Crippen molar-refractivity contribution in [1.82, 2.24) is 9.88 Å². The fraction of sp³-hybridized carbons (Fsp3) is 0.562. The number of amides is 1. The minimum absolute atomic E-state index is 0.243. The van der Waals surface area contributed by atoms with E-state index in [-0.39, 0.29) is 22.4 Å². The summed E-state index contributed by atoms with van der Waals surface area (Å²) in [5.41, 5.74) is -0.919. The Kier molecular flexibility index (Phi) is 5.14. The van der Waals surface area contributed by atoms with Crippen LogP contribution in [0.4, 0.5) is 0 Å². The molecule has 1 saturated heterocycles. The van der Waals surface area contributed by atoms with Gasteiger partial charge in [-0.2, -0.15) is 0 Å². The van der Waals surface area contributed by atoms with Crippen LogP contribution in [0.3, 0.4) is 0 Å². The van der Waals surface area contributed by atoms with E-state index >= 15 is 0 Å². The third-order valence-electron chi connectivity index (χ3n) is 3.95. The lowest BCUT2D eigenvalue weighted by molar-refractivity contribution is -0.147. The van der Waals surface area contributed by atoms with Crippen LogP contribution in [-0.2, 0) is 4.79 Å². The van der Waals surface area contributed by atoms with Crippen molar-refractivity contribution in [3.8, 4) is 5.88 Å². The molecule has 1 atom stereocenters. The van der Waals surface area contributed by atoms with E-state index in [0.717, 1.165) is 0 Å². The maximum Gasteiger partial charge on any atom is 0.329 e. The molecule has 7 heteroatoms. The van der Waals surface area contributed by atoms with Gasteiger partial charge in [0.1, 0.15) is 10.6 Å². The fourth-order valence-electron chi connectivity index (χ4n) is 2.56. The highest BCUT2D eigenvalue weighted by Gasteiger charge is 2.46. The molecule has 1 aromatic rings. The predicted molar refractivity (Wildman–Crippen MR) is 85.9 cm³/mol. The Morgan fingerprint density at radius 3 is 2.78 bits per heavy atom. The molecule has 1 N–H and O–H groups in total. The molecule has 23 heavy (non-hydrogen) atoms. The average Bonchev–Trinajstić information content (AvgIpc) is 2.88. The van der Waals surface area contributed by atoms with Crippen LogP contribution in [-0.4, -0.2) is 45.6 Å². The zero-order valence-electron chi connectivity index (χ0n) is 13.5. The van der Waals surface area contributed by atoms with Gasteiger partial charge < -0.3 is 14.7 Å². The summed E-state index contributed by atoms with van der Waals surface area (Å²) in [4.78, 5) is 29.6. The van der Waals surface area contributed by atoms with E-state index in [2.05, 4.69) is 4.98 Å². The van der Waals surface area contributed by atoms with Crippen molar-refractivity contribution in [3.05, 3.63) is 22.8 Å². The van der Waals surface area contributed by atoms with E-state index in [0.29, 0.717) is 31.9 Å². The molecular formula is C16H21ClN2O4. The summed E-state index contributed by atoms with van der Waals surface area (Å²) in [5, 5.41) is 9.65. The standard InChI is InChI=1S/C16H21ClN2O4/c1-10(2)9-23-13-12(17)7-11(8-18-13)14(20)19-6-4-5-16(19,3)15(21)22/h7-8,10H,4-6,9H2,1-3H3,(H,21,22). The quantitative estimate of drug-likeness (QED) is 0.891. The molecule has 1 aliphatic heterocycles. The van der Waals surface area contributed by atoms with Crippen LogP contribution in [0.25, 0.3) is 0 Å². The molecule has 0 aromatic carbocycles. The number of halogens is 1.